The second-order valence-corrected chi connectivity index (χ2v) is 7.11. The molecule has 0 radical (unpaired) electrons. The first-order valence-corrected chi connectivity index (χ1v) is 9.17. The lowest BCUT2D eigenvalue weighted by Gasteiger charge is -2.15. The number of rotatable bonds is 5. The van der Waals surface area contributed by atoms with Crippen molar-refractivity contribution in [3.8, 4) is 5.75 Å². The number of halogens is 1. The fourth-order valence-electron chi connectivity index (χ4n) is 2.42. The number of ether oxygens (including phenoxy) is 1. The summed E-state index contributed by atoms with van der Waals surface area (Å²) >= 11 is 8.99. The monoisotopic (exact) mass is 415 g/mol. The number of hydrogen-bond donors (Lipinski definition) is 1. The molecule has 1 aromatic carbocycles. The van der Waals surface area contributed by atoms with Crippen LogP contribution in [-0.4, -0.2) is 21.1 Å². The minimum Gasteiger partial charge on any atom is -0.491 e. The van der Waals surface area contributed by atoms with Gasteiger partial charge in [0.1, 0.15) is 10.7 Å². The van der Waals surface area contributed by atoms with Crippen LogP contribution in [0.25, 0.3) is 10.9 Å². The Balaban J connectivity index is 1.76. The fraction of sp³-hybridized carbons (Fsp3) is 0.211. The summed E-state index contributed by atoms with van der Waals surface area (Å²) in [7, 11) is 0. The number of pyridine rings is 2. The smallest absolute Gasteiger partial charge is 0.125 e. The van der Waals surface area contributed by atoms with Gasteiger partial charge in [0.05, 0.1) is 21.8 Å². The van der Waals surface area contributed by atoms with Crippen molar-refractivity contribution in [2.45, 2.75) is 26.5 Å². The van der Waals surface area contributed by atoms with Gasteiger partial charge in [-0.3, -0.25) is 4.98 Å². The lowest BCUT2D eigenvalue weighted by molar-refractivity contribution is 0.240. The molecule has 2 aromatic heterocycles. The molecular formula is C19H18BrN3OS. The highest BCUT2D eigenvalue weighted by molar-refractivity contribution is 9.10. The Morgan fingerprint density at radius 3 is 2.80 bits per heavy atom. The van der Waals surface area contributed by atoms with E-state index in [0.717, 1.165) is 32.4 Å². The molecule has 128 valence electrons. The van der Waals surface area contributed by atoms with Gasteiger partial charge in [-0.05, 0) is 48.0 Å². The number of benzene rings is 1. The van der Waals surface area contributed by atoms with Gasteiger partial charge in [-0.2, -0.15) is 0 Å². The number of fused-ring (bicyclic) bond motifs is 1. The van der Waals surface area contributed by atoms with Crippen LogP contribution in [-0.2, 0) is 6.54 Å². The van der Waals surface area contributed by atoms with Crippen LogP contribution in [0.5, 0.6) is 5.75 Å². The van der Waals surface area contributed by atoms with Crippen LogP contribution in [0.15, 0.2) is 53.3 Å². The van der Waals surface area contributed by atoms with E-state index in [2.05, 4.69) is 31.2 Å². The second kappa shape index (κ2) is 7.89. The minimum atomic E-state index is 0.126. The molecule has 0 unspecified atom stereocenters. The summed E-state index contributed by atoms with van der Waals surface area (Å²) in [4.78, 5) is 9.38. The van der Waals surface area contributed by atoms with Crippen molar-refractivity contribution >= 4 is 44.0 Å². The zero-order chi connectivity index (χ0) is 17.8. The molecule has 25 heavy (non-hydrogen) atoms. The Morgan fingerprint density at radius 2 is 2.00 bits per heavy atom. The van der Waals surface area contributed by atoms with E-state index in [1.807, 2.05) is 50.2 Å². The molecule has 1 N–H and O–H groups in total. The molecule has 0 bridgehead atoms. The van der Waals surface area contributed by atoms with Crippen LogP contribution in [0.4, 0.5) is 0 Å². The van der Waals surface area contributed by atoms with E-state index in [0.29, 0.717) is 11.5 Å². The van der Waals surface area contributed by atoms with Gasteiger partial charge in [0.15, 0.2) is 0 Å². The third kappa shape index (κ3) is 4.32. The standard InChI is InChI=1S/C19H18BrN3OS/c1-12(2)24-17-6-4-3-5-13(17)10-22-19(25)16-8-7-14-9-21-11-15(20)18(14)23-16/h3-9,11-12H,10H2,1-2H3,(H,22,25). The van der Waals surface area contributed by atoms with Crippen molar-refractivity contribution < 1.29 is 4.74 Å². The maximum absolute atomic E-state index is 5.84. The number of para-hydroxylation sites is 1. The normalized spacial score (nSPS) is 10.9. The van der Waals surface area contributed by atoms with E-state index < -0.39 is 0 Å². The molecule has 0 atom stereocenters. The molecule has 0 aliphatic heterocycles. The maximum atomic E-state index is 5.84. The third-order valence-electron chi connectivity index (χ3n) is 3.56. The largest absolute Gasteiger partial charge is 0.491 e. The zero-order valence-corrected chi connectivity index (χ0v) is 16.4. The highest BCUT2D eigenvalue weighted by Gasteiger charge is 2.09. The molecule has 0 saturated heterocycles. The average Bonchev–Trinajstić information content (AvgIpc) is 2.60. The van der Waals surface area contributed by atoms with Gasteiger partial charge in [-0.15, -0.1) is 0 Å². The fourth-order valence-corrected chi connectivity index (χ4v) is 3.04. The topological polar surface area (TPSA) is 47.0 Å². The Bertz CT molecular complexity index is 914. The lowest BCUT2D eigenvalue weighted by Crippen LogP contribution is -2.23. The van der Waals surface area contributed by atoms with Crippen LogP contribution in [0.1, 0.15) is 25.1 Å². The molecule has 0 amide bonds. The highest BCUT2D eigenvalue weighted by Crippen LogP contribution is 2.21. The van der Waals surface area contributed by atoms with Gasteiger partial charge in [0.2, 0.25) is 0 Å². The van der Waals surface area contributed by atoms with Crippen molar-refractivity contribution in [3.05, 3.63) is 64.5 Å². The average molecular weight is 416 g/mol. The molecule has 3 aromatic rings. The number of hydrogen-bond acceptors (Lipinski definition) is 4. The summed E-state index contributed by atoms with van der Waals surface area (Å²) in [6.07, 6.45) is 3.64. The summed E-state index contributed by atoms with van der Waals surface area (Å²) in [5.74, 6) is 0.869. The Morgan fingerprint density at radius 1 is 1.20 bits per heavy atom. The van der Waals surface area contributed by atoms with E-state index >= 15 is 0 Å². The highest BCUT2D eigenvalue weighted by atomic mass is 79.9. The van der Waals surface area contributed by atoms with Crippen molar-refractivity contribution in [1.29, 1.82) is 0 Å². The van der Waals surface area contributed by atoms with Crippen LogP contribution in [0, 0.1) is 0 Å². The maximum Gasteiger partial charge on any atom is 0.125 e. The van der Waals surface area contributed by atoms with Crippen molar-refractivity contribution in [2.24, 2.45) is 0 Å². The minimum absolute atomic E-state index is 0.126. The van der Waals surface area contributed by atoms with Crippen molar-refractivity contribution in [1.82, 2.24) is 15.3 Å². The number of aromatic nitrogens is 2. The predicted octanol–water partition coefficient (Wildman–Crippen LogP) is 4.64. The Hall–Kier alpha value is -2.05. The number of nitrogens with one attached hydrogen (secondary N) is 1. The number of nitrogens with zero attached hydrogens (tertiary/aromatic N) is 2. The first-order valence-electron chi connectivity index (χ1n) is 7.97. The van der Waals surface area contributed by atoms with Gasteiger partial charge < -0.3 is 10.1 Å². The molecule has 2 heterocycles. The van der Waals surface area contributed by atoms with Gasteiger partial charge in [0, 0.05) is 29.9 Å². The van der Waals surface area contributed by atoms with Crippen LogP contribution < -0.4 is 10.1 Å². The summed E-state index contributed by atoms with van der Waals surface area (Å²) in [5.41, 5.74) is 2.64. The molecule has 0 aliphatic carbocycles. The molecule has 0 spiro atoms. The molecule has 0 fully saturated rings. The first-order chi connectivity index (χ1) is 12.0. The third-order valence-corrected chi connectivity index (χ3v) is 4.50. The molecule has 3 rings (SSSR count). The zero-order valence-electron chi connectivity index (χ0n) is 14.0. The van der Waals surface area contributed by atoms with Crippen molar-refractivity contribution in [2.75, 3.05) is 0 Å². The van der Waals surface area contributed by atoms with Gasteiger partial charge in [0.25, 0.3) is 0 Å². The second-order valence-electron chi connectivity index (χ2n) is 5.85. The van der Waals surface area contributed by atoms with E-state index in [4.69, 9.17) is 17.0 Å². The van der Waals surface area contributed by atoms with Crippen LogP contribution in [0.3, 0.4) is 0 Å². The summed E-state index contributed by atoms with van der Waals surface area (Å²) in [6.45, 7) is 4.61. The Kier molecular flexibility index (Phi) is 5.60. The van der Waals surface area contributed by atoms with Crippen LogP contribution in [0.2, 0.25) is 0 Å². The molecule has 6 heteroatoms. The summed E-state index contributed by atoms with van der Waals surface area (Å²) in [6, 6.07) is 11.8. The van der Waals surface area contributed by atoms with Gasteiger partial charge in [-0.1, -0.05) is 30.4 Å². The van der Waals surface area contributed by atoms with Gasteiger partial charge in [-0.25, -0.2) is 4.98 Å². The van der Waals surface area contributed by atoms with E-state index in [1.165, 1.54) is 0 Å². The summed E-state index contributed by atoms with van der Waals surface area (Å²) < 4.78 is 6.70. The summed E-state index contributed by atoms with van der Waals surface area (Å²) in [5, 5.41) is 4.24. The Labute approximate surface area is 160 Å². The van der Waals surface area contributed by atoms with E-state index in [9.17, 15) is 0 Å². The lowest BCUT2D eigenvalue weighted by atomic mass is 10.2. The van der Waals surface area contributed by atoms with Crippen molar-refractivity contribution in [3.63, 3.8) is 0 Å². The molecule has 4 nitrogen and oxygen atoms in total. The quantitative estimate of drug-likeness (QED) is 0.614. The molecular weight excluding hydrogens is 398 g/mol. The van der Waals surface area contributed by atoms with E-state index in [-0.39, 0.29) is 6.10 Å². The first kappa shape index (κ1) is 17.8. The van der Waals surface area contributed by atoms with E-state index in [1.54, 1.807) is 12.4 Å². The predicted molar refractivity (Wildman–Crippen MR) is 108 cm³/mol. The van der Waals surface area contributed by atoms with Crippen LogP contribution >= 0.6 is 28.1 Å². The van der Waals surface area contributed by atoms with Gasteiger partial charge >= 0.3 is 0 Å². The number of thiocarbonyl (C=S) groups is 1. The molecule has 0 saturated carbocycles. The SMILES string of the molecule is CC(C)Oc1ccccc1CNC(=S)c1ccc2cncc(Br)c2n1. The molecule has 0 aliphatic rings.